The number of carbonyl (C=O) groups is 1. The van der Waals surface area contributed by atoms with Crippen molar-refractivity contribution >= 4 is 83.5 Å². The SMILES string of the molecule is O=C(O)c1ccc(Cl)c(S(=O)(=O)Nc2cc(Cl)c(Cl)cc2NS(=O)(=O)c2cccs2)c1. The van der Waals surface area contributed by atoms with Crippen molar-refractivity contribution in [2.45, 2.75) is 9.10 Å². The van der Waals surface area contributed by atoms with Gasteiger partial charge in [0.2, 0.25) is 0 Å². The number of nitrogens with one attached hydrogen (secondary N) is 2. The van der Waals surface area contributed by atoms with Gasteiger partial charge in [0.15, 0.2) is 0 Å². The second-order valence-corrected chi connectivity index (χ2v) is 11.6. The minimum Gasteiger partial charge on any atom is -0.478 e. The van der Waals surface area contributed by atoms with E-state index < -0.39 is 30.9 Å². The lowest BCUT2D eigenvalue weighted by atomic mass is 10.2. The van der Waals surface area contributed by atoms with Crippen LogP contribution in [0.4, 0.5) is 11.4 Å². The normalized spacial score (nSPS) is 11.8. The maximum atomic E-state index is 12.9. The Morgan fingerprint density at radius 1 is 0.839 bits per heavy atom. The fourth-order valence-corrected chi connectivity index (χ4v) is 6.36. The van der Waals surface area contributed by atoms with E-state index in [1.54, 1.807) is 5.38 Å². The summed E-state index contributed by atoms with van der Waals surface area (Å²) in [5, 5.41) is 10.4. The highest BCUT2D eigenvalue weighted by atomic mass is 35.5. The van der Waals surface area contributed by atoms with Crippen LogP contribution in [0.15, 0.2) is 56.9 Å². The van der Waals surface area contributed by atoms with Gasteiger partial charge >= 0.3 is 5.97 Å². The number of aromatic carboxylic acids is 1. The lowest BCUT2D eigenvalue weighted by Crippen LogP contribution is -2.18. The molecule has 0 unspecified atom stereocenters. The van der Waals surface area contributed by atoms with Crippen molar-refractivity contribution in [2.24, 2.45) is 0 Å². The molecule has 0 saturated heterocycles. The standard InChI is InChI=1S/C17H11Cl3N2O6S3/c18-10-4-3-9(17(23)24)6-15(10)30(25,26)21-13-7-11(19)12(20)8-14(13)22-31(27,28)16-2-1-5-29-16/h1-8,21-22H,(H,23,24). The molecular formula is C17H11Cl3N2O6S3. The number of thiophene rings is 1. The summed E-state index contributed by atoms with van der Waals surface area (Å²) in [5.41, 5.74) is -0.749. The number of sulfonamides is 2. The number of carboxylic acid groups (broad SMARTS) is 1. The highest BCUT2D eigenvalue weighted by molar-refractivity contribution is 7.94. The second kappa shape index (κ2) is 8.85. The summed E-state index contributed by atoms with van der Waals surface area (Å²) >= 11 is 18.9. The van der Waals surface area contributed by atoms with Crippen molar-refractivity contribution in [1.82, 2.24) is 0 Å². The zero-order chi connectivity index (χ0) is 23.0. The highest BCUT2D eigenvalue weighted by Gasteiger charge is 2.24. The minimum atomic E-state index is -4.44. The Kier molecular flexibility index (Phi) is 6.75. The summed E-state index contributed by atoms with van der Waals surface area (Å²) < 4.78 is 55.4. The lowest BCUT2D eigenvalue weighted by molar-refractivity contribution is 0.0696. The van der Waals surface area contributed by atoms with Crippen molar-refractivity contribution in [3.8, 4) is 0 Å². The molecule has 0 radical (unpaired) electrons. The largest absolute Gasteiger partial charge is 0.478 e. The van der Waals surface area contributed by atoms with E-state index in [1.165, 1.54) is 12.1 Å². The van der Waals surface area contributed by atoms with Crippen LogP contribution in [0.2, 0.25) is 15.1 Å². The number of hydrogen-bond acceptors (Lipinski definition) is 6. The van der Waals surface area contributed by atoms with Gasteiger partial charge in [-0.3, -0.25) is 9.44 Å². The van der Waals surface area contributed by atoms with Gasteiger partial charge in [-0.25, -0.2) is 21.6 Å². The molecule has 0 amide bonds. The maximum absolute atomic E-state index is 12.9. The molecule has 14 heteroatoms. The van der Waals surface area contributed by atoms with Gasteiger partial charge in [-0.05, 0) is 41.8 Å². The van der Waals surface area contributed by atoms with Crippen LogP contribution in [0.3, 0.4) is 0 Å². The zero-order valence-electron chi connectivity index (χ0n) is 15.0. The molecule has 2 aromatic carbocycles. The average Bonchev–Trinajstić information content (AvgIpc) is 3.21. The molecule has 31 heavy (non-hydrogen) atoms. The number of carboxylic acids is 1. The van der Waals surface area contributed by atoms with Gasteiger partial charge in [-0.1, -0.05) is 40.9 Å². The molecule has 0 aliphatic rings. The molecule has 1 aromatic heterocycles. The summed E-state index contributed by atoms with van der Waals surface area (Å²) in [5.74, 6) is -1.35. The van der Waals surface area contributed by atoms with Gasteiger partial charge in [0, 0.05) is 0 Å². The number of hydrogen-bond donors (Lipinski definition) is 3. The molecule has 3 aromatic rings. The first-order valence-corrected chi connectivity index (χ1v) is 13.0. The lowest BCUT2D eigenvalue weighted by Gasteiger charge is -2.16. The Morgan fingerprint density at radius 2 is 1.42 bits per heavy atom. The van der Waals surface area contributed by atoms with E-state index in [2.05, 4.69) is 9.44 Å². The molecule has 8 nitrogen and oxygen atoms in total. The van der Waals surface area contributed by atoms with E-state index in [9.17, 15) is 21.6 Å². The van der Waals surface area contributed by atoms with Crippen LogP contribution in [0, 0.1) is 0 Å². The molecule has 164 valence electrons. The fourth-order valence-electron chi connectivity index (χ4n) is 2.37. The van der Waals surface area contributed by atoms with E-state index >= 15 is 0 Å². The highest BCUT2D eigenvalue weighted by Crippen LogP contribution is 2.36. The van der Waals surface area contributed by atoms with Crippen molar-refractivity contribution in [3.05, 3.63) is 68.5 Å². The first-order chi connectivity index (χ1) is 14.4. The Balaban J connectivity index is 2.06. The molecule has 0 atom stereocenters. The molecule has 0 saturated carbocycles. The van der Waals surface area contributed by atoms with Crippen molar-refractivity contribution in [1.29, 1.82) is 0 Å². The Bertz CT molecular complexity index is 1370. The van der Waals surface area contributed by atoms with Crippen LogP contribution in [-0.4, -0.2) is 27.9 Å². The maximum Gasteiger partial charge on any atom is 0.335 e. The van der Waals surface area contributed by atoms with Gasteiger partial charge in [-0.2, -0.15) is 0 Å². The average molecular weight is 542 g/mol. The Hall–Kier alpha value is -2.02. The van der Waals surface area contributed by atoms with Gasteiger partial charge in [-0.15, -0.1) is 11.3 Å². The summed E-state index contributed by atoms with van der Waals surface area (Å²) in [6, 6.07) is 8.30. The third-order valence-electron chi connectivity index (χ3n) is 3.78. The van der Waals surface area contributed by atoms with Crippen LogP contribution in [0.5, 0.6) is 0 Å². The summed E-state index contributed by atoms with van der Waals surface area (Å²) in [6.45, 7) is 0. The predicted molar refractivity (Wildman–Crippen MR) is 121 cm³/mol. The minimum absolute atomic E-state index is 0.00964. The number of rotatable bonds is 7. The van der Waals surface area contributed by atoms with Crippen molar-refractivity contribution in [2.75, 3.05) is 9.44 Å². The van der Waals surface area contributed by atoms with Gasteiger partial charge in [0.05, 0.1) is 32.0 Å². The van der Waals surface area contributed by atoms with Crippen LogP contribution >= 0.6 is 46.1 Å². The number of halogens is 3. The third-order valence-corrected chi connectivity index (χ3v) is 9.11. The molecule has 3 rings (SSSR count). The molecule has 0 bridgehead atoms. The van der Waals surface area contributed by atoms with Crippen LogP contribution < -0.4 is 9.44 Å². The van der Waals surface area contributed by atoms with Crippen molar-refractivity contribution in [3.63, 3.8) is 0 Å². The first kappa shape index (κ1) is 23.6. The zero-order valence-corrected chi connectivity index (χ0v) is 19.7. The molecule has 1 heterocycles. The van der Waals surface area contributed by atoms with E-state index in [0.717, 1.165) is 41.7 Å². The molecule has 0 aliphatic carbocycles. The predicted octanol–water partition coefficient (Wildman–Crippen LogP) is 5.01. The van der Waals surface area contributed by atoms with Crippen molar-refractivity contribution < 1.29 is 26.7 Å². The molecular weight excluding hydrogens is 531 g/mol. The van der Waals surface area contributed by atoms with Gasteiger partial charge in [0.1, 0.15) is 9.10 Å². The Morgan fingerprint density at radius 3 is 1.94 bits per heavy atom. The van der Waals surface area contributed by atoms with E-state index in [4.69, 9.17) is 39.9 Å². The van der Waals surface area contributed by atoms with Gasteiger partial charge < -0.3 is 5.11 Å². The van der Waals surface area contributed by atoms with E-state index in [1.807, 2.05) is 0 Å². The molecule has 0 spiro atoms. The Labute approximate surface area is 196 Å². The fraction of sp³-hybridized carbons (Fsp3) is 0. The number of benzene rings is 2. The van der Waals surface area contributed by atoms with Crippen LogP contribution in [0.1, 0.15) is 10.4 Å². The molecule has 0 aliphatic heterocycles. The van der Waals surface area contributed by atoms with E-state index in [0.29, 0.717) is 0 Å². The molecule has 3 N–H and O–H groups in total. The summed E-state index contributed by atoms with van der Waals surface area (Å²) in [6.07, 6.45) is 0. The smallest absolute Gasteiger partial charge is 0.335 e. The van der Waals surface area contributed by atoms with Crippen LogP contribution in [0.25, 0.3) is 0 Å². The first-order valence-electron chi connectivity index (χ1n) is 8.02. The van der Waals surface area contributed by atoms with E-state index in [-0.39, 0.29) is 36.2 Å². The number of anilines is 2. The quantitative estimate of drug-likeness (QED) is 0.386. The third kappa shape index (κ3) is 5.25. The summed E-state index contributed by atoms with van der Waals surface area (Å²) in [4.78, 5) is 10.7. The monoisotopic (exact) mass is 540 g/mol. The molecule has 0 fully saturated rings. The second-order valence-electron chi connectivity index (χ2n) is 5.91. The van der Waals surface area contributed by atoms with Crippen LogP contribution in [-0.2, 0) is 20.0 Å². The topological polar surface area (TPSA) is 130 Å². The summed E-state index contributed by atoms with van der Waals surface area (Å²) in [7, 11) is -8.48. The van der Waals surface area contributed by atoms with Gasteiger partial charge in [0.25, 0.3) is 20.0 Å².